The molecular weight excluding hydrogens is 224 g/mol. The summed E-state index contributed by atoms with van der Waals surface area (Å²) in [4.78, 5) is 11.0. The van der Waals surface area contributed by atoms with Gasteiger partial charge in [0.25, 0.3) is 0 Å². The largest absolute Gasteiger partial charge is 0.343 e. The Balaban J connectivity index is 2.01. The normalized spacial score (nSPS) is 10.8. The van der Waals surface area contributed by atoms with Crippen molar-refractivity contribution in [2.75, 3.05) is 31.6 Å². The summed E-state index contributed by atoms with van der Waals surface area (Å²) in [6.45, 7) is 5.11. The third-order valence-corrected chi connectivity index (χ3v) is 2.87. The van der Waals surface area contributed by atoms with Gasteiger partial charge in [-0.15, -0.1) is 0 Å². The number of likely N-dealkylation sites (N-methyl/N-ethyl adjacent to an activating group) is 1. The van der Waals surface area contributed by atoms with Crippen LogP contribution >= 0.6 is 0 Å². The molecule has 1 aromatic heterocycles. The van der Waals surface area contributed by atoms with E-state index in [2.05, 4.69) is 27.1 Å². The molecule has 0 aliphatic carbocycles. The first-order valence-corrected chi connectivity index (χ1v) is 6.45. The Morgan fingerprint density at radius 1 is 1.22 bits per heavy atom. The van der Waals surface area contributed by atoms with E-state index >= 15 is 0 Å². The van der Waals surface area contributed by atoms with E-state index in [9.17, 15) is 0 Å². The summed E-state index contributed by atoms with van der Waals surface area (Å²) in [5.74, 6) is 0.784. The van der Waals surface area contributed by atoms with Crippen molar-refractivity contribution in [2.24, 2.45) is 0 Å². The maximum Gasteiger partial charge on any atom is 0.225 e. The van der Waals surface area contributed by atoms with Crippen LogP contribution in [0, 0.1) is 0 Å². The first-order chi connectivity index (χ1) is 8.81. The number of hydrogen-bond donors (Lipinski definition) is 1. The van der Waals surface area contributed by atoms with Crippen LogP contribution in [0.2, 0.25) is 0 Å². The van der Waals surface area contributed by atoms with Gasteiger partial charge in [-0.3, -0.25) is 0 Å². The highest BCUT2D eigenvalue weighted by molar-refractivity contribution is 5.78. The summed E-state index contributed by atoms with van der Waals surface area (Å²) in [5, 5.41) is 4.46. The summed E-state index contributed by atoms with van der Waals surface area (Å²) in [7, 11) is 2.03. The van der Waals surface area contributed by atoms with E-state index in [0.29, 0.717) is 0 Å². The van der Waals surface area contributed by atoms with Gasteiger partial charge in [-0.25, -0.2) is 9.97 Å². The van der Waals surface area contributed by atoms with Crippen molar-refractivity contribution in [1.82, 2.24) is 15.3 Å². The number of aromatic nitrogens is 2. The Morgan fingerprint density at radius 2 is 2.06 bits per heavy atom. The number of fused-ring (bicyclic) bond motifs is 1. The van der Waals surface area contributed by atoms with Gasteiger partial charge >= 0.3 is 0 Å². The molecule has 0 bridgehead atoms. The van der Waals surface area contributed by atoms with Crippen molar-refractivity contribution in [3.05, 3.63) is 30.5 Å². The van der Waals surface area contributed by atoms with Crippen LogP contribution in [0.1, 0.15) is 13.3 Å². The molecule has 0 saturated carbocycles. The topological polar surface area (TPSA) is 41.0 Å². The highest BCUT2D eigenvalue weighted by atomic mass is 15.2. The molecule has 18 heavy (non-hydrogen) atoms. The smallest absolute Gasteiger partial charge is 0.225 e. The Labute approximate surface area is 108 Å². The summed E-state index contributed by atoms with van der Waals surface area (Å²) in [6, 6.07) is 8.05. The van der Waals surface area contributed by atoms with Crippen LogP contribution in [0.5, 0.6) is 0 Å². The number of para-hydroxylation sites is 1. The lowest BCUT2D eigenvalue weighted by molar-refractivity contribution is 0.662. The molecule has 4 heteroatoms. The summed E-state index contributed by atoms with van der Waals surface area (Å²) < 4.78 is 0. The van der Waals surface area contributed by atoms with Crippen molar-refractivity contribution in [3.8, 4) is 0 Å². The van der Waals surface area contributed by atoms with Gasteiger partial charge in [-0.05, 0) is 19.0 Å². The minimum absolute atomic E-state index is 0.784. The quantitative estimate of drug-likeness (QED) is 0.790. The second kappa shape index (κ2) is 6.31. The molecule has 0 spiro atoms. The predicted molar refractivity (Wildman–Crippen MR) is 76.0 cm³/mol. The highest BCUT2D eigenvalue weighted by Crippen LogP contribution is 2.13. The molecule has 1 aromatic carbocycles. The van der Waals surface area contributed by atoms with Gasteiger partial charge < -0.3 is 10.2 Å². The molecular formula is C14H20N4. The van der Waals surface area contributed by atoms with Crippen molar-refractivity contribution in [1.29, 1.82) is 0 Å². The molecule has 0 aliphatic rings. The van der Waals surface area contributed by atoms with E-state index in [1.165, 1.54) is 0 Å². The maximum absolute atomic E-state index is 4.56. The zero-order valence-electron chi connectivity index (χ0n) is 11.1. The summed E-state index contributed by atoms with van der Waals surface area (Å²) in [6.07, 6.45) is 3.05. The molecule has 0 aliphatic heterocycles. The van der Waals surface area contributed by atoms with E-state index in [0.717, 1.165) is 42.9 Å². The highest BCUT2D eigenvalue weighted by Gasteiger charge is 2.04. The molecule has 0 amide bonds. The number of nitrogens with one attached hydrogen (secondary N) is 1. The van der Waals surface area contributed by atoms with Crippen LogP contribution in [0.15, 0.2) is 30.5 Å². The van der Waals surface area contributed by atoms with Crippen LogP contribution in [0.4, 0.5) is 5.95 Å². The van der Waals surface area contributed by atoms with Gasteiger partial charge in [0, 0.05) is 31.7 Å². The molecule has 0 saturated heterocycles. The fourth-order valence-corrected chi connectivity index (χ4v) is 1.79. The van der Waals surface area contributed by atoms with Crippen molar-refractivity contribution in [2.45, 2.75) is 13.3 Å². The monoisotopic (exact) mass is 244 g/mol. The maximum atomic E-state index is 4.56. The first-order valence-electron chi connectivity index (χ1n) is 6.45. The molecule has 0 fully saturated rings. The van der Waals surface area contributed by atoms with Crippen molar-refractivity contribution < 1.29 is 0 Å². The SMILES string of the molecule is CCCNCCN(C)c1ncc2ccccc2n1. The van der Waals surface area contributed by atoms with Crippen LogP contribution in [0.25, 0.3) is 10.9 Å². The third-order valence-electron chi connectivity index (χ3n) is 2.87. The number of nitrogens with zero attached hydrogens (tertiary/aromatic N) is 3. The van der Waals surface area contributed by atoms with Gasteiger partial charge in [0.15, 0.2) is 0 Å². The van der Waals surface area contributed by atoms with Crippen LogP contribution in [-0.2, 0) is 0 Å². The number of hydrogen-bond acceptors (Lipinski definition) is 4. The fourth-order valence-electron chi connectivity index (χ4n) is 1.79. The van der Waals surface area contributed by atoms with Crippen molar-refractivity contribution >= 4 is 16.9 Å². The van der Waals surface area contributed by atoms with Gasteiger partial charge in [0.1, 0.15) is 0 Å². The molecule has 0 atom stereocenters. The number of rotatable bonds is 6. The lowest BCUT2D eigenvalue weighted by Gasteiger charge is -2.17. The Bertz CT molecular complexity index is 498. The Kier molecular flexibility index (Phi) is 4.47. The summed E-state index contributed by atoms with van der Waals surface area (Å²) in [5.41, 5.74) is 0.996. The molecule has 96 valence electrons. The zero-order chi connectivity index (χ0) is 12.8. The average Bonchev–Trinajstić information content (AvgIpc) is 2.43. The van der Waals surface area contributed by atoms with Gasteiger partial charge in [0.05, 0.1) is 5.52 Å². The van der Waals surface area contributed by atoms with Crippen LogP contribution in [0.3, 0.4) is 0 Å². The third kappa shape index (κ3) is 3.17. The molecule has 4 nitrogen and oxygen atoms in total. The standard InChI is InChI=1S/C14H20N4/c1-3-8-15-9-10-18(2)14-16-11-12-6-4-5-7-13(12)17-14/h4-7,11,15H,3,8-10H2,1-2H3. The van der Waals surface area contributed by atoms with E-state index in [-0.39, 0.29) is 0 Å². The predicted octanol–water partition coefficient (Wildman–Crippen LogP) is 2.07. The van der Waals surface area contributed by atoms with E-state index in [1.54, 1.807) is 0 Å². The van der Waals surface area contributed by atoms with Crippen LogP contribution < -0.4 is 10.2 Å². The minimum Gasteiger partial charge on any atom is -0.343 e. The van der Waals surface area contributed by atoms with E-state index in [4.69, 9.17) is 0 Å². The second-order valence-corrected chi connectivity index (χ2v) is 4.40. The van der Waals surface area contributed by atoms with Crippen LogP contribution in [-0.4, -0.2) is 36.6 Å². The van der Waals surface area contributed by atoms with Gasteiger partial charge in [-0.2, -0.15) is 0 Å². The average molecular weight is 244 g/mol. The summed E-state index contributed by atoms with van der Waals surface area (Å²) >= 11 is 0. The van der Waals surface area contributed by atoms with Crippen molar-refractivity contribution in [3.63, 3.8) is 0 Å². The lowest BCUT2D eigenvalue weighted by Crippen LogP contribution is -2.30. The molecule has 1 N–H and O–H groups in total. The van der Waals surface area contributed by atoms with E-state index in [1.807, 2.05) is 37.5 Å². The number of anilines is 1. The molecule has 0 unspecified atom stereocenters. The molecule has 2 aromatic rings. The van der Waals surface area contributed by atoms with E-state index < -0.39 is 0 Å². The van der Waals surface area contributed by atoms with Gasteiger partial charge in [0.2, 0.25) is 5.95 Å². The second-order valence-electron chi connectivity index (χ2n) is 4.40. The number of benzene rings is 1. The zero-order valence-corrected chi connectivity index (χ0v) is 11.1. The Morgan fingerprint density at radius 3 is 2.89 bits per heavy atom. The first kappa shape index (κ1) is 12.8. The fraction of sp³-hybridized carbons (Fsp3) is 0.429. The lowest BCUT2D eigenvalue weighted by atomic mass is 10.2. The minimum atomic E-state index is 0.784. The Hall–Kier alpha value is -1.68. The molecule has 0 radical (unpaired) electrons. The molecule has 2 rings (SSSR count). The van der Waals surface area contributed by atoms with Gasteiger partial charge in [-0.1, -0.05) is 25.1 Å². The molecule has 1 heterocycles.